The number of aromatic nitrogens is 5. The number of rotatable bonds is 9. The van der Waals surface area contributed by atoms with Crippen LogP contribution < -0.4 is 4.90 Å². The van der Waals surface area contributed by atoms with Crippen LogP contribution >= 0.6 is 26.8 Å². The first-order valence-electron chi connectivity index (χ1n) is 11.7. The Morgan fingerprint density at radius 1 is 1.22 bits per heavy atom. The standard InChI is InChI=1S/C21H27ClN6O7P2/c1-27(16-9-7-13-5-3-4-6-15(13)16)19-18-20(24-21(22)23-19)28(26-25-18)17-10-8-14(35-17)11-34-37(32,33-2)12-36(29,30)31/h3-6,14,16-17H,7-12H2,1-2H3,(H2,29,30,31)/t14-,16+,17+,37?/m0/s1. The fourth-order valence-electron chi connectivity index (χ4n) is 4.88. The van der Waals surface area contributed by atoms with Gasteiger partial charge in [0.2, 0.25) is 5.28 Å². The fraction of sp³-hybridized carbons (Fsp3) is 0.524. The molecule has 3 heterocycles. The zero-order chi connectivity index (χ0) is 26.4. The number of aryl methyl sites for hydroxylation is 1. The molecule has 0 radical (unpaired) electrons. The largest absolute Gasteiger partial charge is 0.351 e. The van der Waals surface area contributed by atoms with E-state index in [0.717, 1.165) is 20.0 Å². The second kappa shape index (κ2) is 10.3. The van der Waals surface area contributed by atoms with Gasteiger partial charge in [0.1, 0.15) is 0 Å². The molecule has 0 saturated carbocycles. The first kappa shape index (κ1) is 26.6. The minimum Gasteiger partial charge on any atom is -0.351 e. The smallest absolute Gasteiger partial charge is 0.342 e. The molecule has 37 heavy (non-hydrogen) atoms. The third-order valence-electron chi connectivity index (χ3n) is 6.63. The predicted molar refractivity (Wildman–Crippen MR) is 135 cm³/mol. The van der Waals surface area contributed by atoms with Gasteiger partial charge in [0.15, 0.2) is 29.1 Å². The van der Waals surface area contributed by atoms with E-state index in [1.54, 1.807) is 0 Å². The summed E-state index contributed by atoms with van der Waals surface area (Å²) in [6.07, 6.45) is 1.93. The third-order valence-corrected chi connectivity index (χ3v) is 10.8. The Morgan fingerprint density at radius 3 is 2.76 bits per heavy atom. The highest BCUT2D eigenvalue weighted by atomic mass is 35.5. The van der Waals surface area contributed by atoms with E-state index in [1.807, 2.05) is 19.2 Å². The average Bonchev–Trinajstić information content (AvgIpc) is 3.58. The monoisotopic (exact) mass is 572 g/mol. The van der Waals surface area contributed by atoms with Crippen LogP contribution in [0.15, 0.2) is 24.3 Å². The van der Waals surface area contributed by atoms with Crippen molar-refractivity contribution < 1.29 is 32.7 Å². The highest BCUT2D eigenvalue weighted by Gasteiger charge is 2.37. The molecular formula is C21H27ClN6O7P2. The van der Waals surface area contributed by atoms with Crippen LogP contribution in [0.5, 0.6) is 0 Å². The van der Waals surface area contributed by atoms with Gasteiger partial charge in [0.05, 0.1) is 18.8 Å². The third kappa shape index (κ3) is 5.60. The summed E-state index contributed by atoms with van der Waals surface area (Å²) in [6, 6.07) is 8.44. The minimum absolute atomic E-state index is 0.0560. The van der Waals surface area contributed by atoms with Gasteiger partial charge in [0, 0.05) is 14.2 Å². The van der Waals surface area contributed by atoms with Crippen LogP contribution in [0.1, 0.15) is 42.7 Å². The Labute approximate surface area is 217 Å². The number of hydrogen-bond donors (Lipinski definition) is 2. The van der Waals surface area contributed by atoms with Gasteiger partial charge in [-0.3, -0.25) is 9.13 Å². The maximum absolute atomic E-state index is 12.5. The summed E-state index contributed by atoms with van der Waals surface area (Å²) >= 11 is 6.32. The fourth-order valence-corrected chi connectivity index (χ4v) is 8.13. The summed E-state index contributed by atoms with van der Waals surface area (Å²) in [6.45, 7) is -0.168. The lowest BCUT2D eigenvalue weighted by molar-refractivity contribution is -0.0243. The first-order chi connectivity index (χ1) is 17.6. The van der Waals surface area contributed by atoms with Crippen molar-refractivity contribution in [1.82, 2.24) is 25.0 Å². The molecule has 13 nitrogen and oxygen atoms in total. The number of halogens is 1. The normalized spacial score (nSPS) is 23.3. The molecule has 0 spiro atoms. The van der Waals surface area contributed by atoms with Crippen molar-refractivity contribution in [3.63, 3.8) is 0 Å². The minimum atomic E-state index is -4.59. The first-order valence-corrected chi connectivity index (χ1v) is 15.6. The van der Waals surface area contributed by atoms with Gasteiger partial charge in [-0.1, -0.05) is 29.5 Å². The molecule has 5 rings (SSSR count). The summed E-state index contributed by atoms with van der Waals surface area (Å²) in [5.74, 6) is -0.434. The van der Waals surface area contributed by atoms with Gasteiger partial charge in [0.25, 0.3) is 0 Å². The van der Waals surface area contributed by atoms with E-state index in [0.29, 0.717) is 29.8 Å². The Morgan fingerprint density at radius 2 is 2.00 bits per heavy atom. The van der Waals surface area contributed by atoms with E-state index in [2.05, 4.69) is 37.3 Å². The van der Waals surface area contributed by atoms with Gasteiger partial charge >= 0.3 is 15.2 Å². The summed E-state index contributed by atoms with van der Waals surface area (Å²) in [7, 11) is -5.53. The van der Waals surface area contributed by atoms with Crippen molar-refractivity contribution in [3.05, 3.63) is 40.7 Å². The van der Waals surface area contributed by atoms with Gasteiger partial charge < -0.3 is 28.5 Å². The lowest BCUT2D eigenvalue weighted by atomic mass is 10.1. The molecule has 1 saturated heterocycles. The summed E-state index contributed by atoms with van der Waals surface area (Å²) in [5.41, 5.74) is 3.47. The van der Waals surface area contributed by atoms with Crippen molar-refractivity contribution in [3.8, 4) is 0 Å². The zero-order valence-corrected chi connectivity index (χ0v) is 22.7. The SMILES string of the molecule is COP(=O)(CP(=O)(O)O)OC[C@@H]1CC[C@H](n2nnc3c(N(C)[C@@H]4CCc5ccccc54)nc(Cl)nc32)O1. The van der Waals surface area contributed by atoms with Crippen LogP contribution in [0.25, 0.3) is 11.2 Å². The average molecular weight is 573 g/mol. The number of benzene rings is 1. The number of anilines is 1. The maximum Gasteiger partial charge on any atom is 0.342 e. The lowest BCUT2D eigenvalue weighted by Crippen LogP contribution is -2.24. The summed E-state index contributed by atoms with van der Waals surface area (Å²) in [4.78, 5) is 29.2. The van der Waals surface area contributed by atoms with Crippen molar-refractivity contribution in [1.29, 1.82) is 0 Å². The quantitative estimate of drug-likeness (QED) is 0.283. The van der Waals surface area contributed by atoms with Crippen LogP contribution in [0.3, 0.4) is 0 Å². The van der Waals surface area contributed by atoms with Crippen molar-refractivity contribution in [2.24, 2.45) is 0 Å². The second-order valence-corrected chi connectivity index (χ2v) is 13.7. The van der Waals surface area contributed by atoms with Gasteiger partial charge in [-0.15, -0.1) is 5.10 Å². The molecule has 200 valence electrons. The molecule has 2 N–H and O–H groups in total. The van der Waals surface area contributed by atoms with Crippen molar-refractivity contribution in [2.45, 2.75) is 44.1 Å². The van der Waals surface area contributed by atoms with Crippen LogP contribution in [0.4, 0.5) is 5.82 Å². The molecule has 16 heteroatoms. The summed E-state index contributed by atoms with van der Waals surface area (Å²) < 4.78 is 41.4. The molecule has 1 unspecified atom stereocenters. The highest BCUT2D eigenvalue weighted by Crippen LogP contribution is 2.58. The molecule has 2 aromatic heterocycles. The molecule has 0 bridgehead atoms. The van der Waals surface area contributed by atoms with Crippen LogP contribution in [0, 0.1) is 0 Å². The molecule has 1 aliphatic carbocycles. The van der Waals surface area contributed by atoms with Crippen LogP contribution in [0.2, 0.25) is 5.28 Å². The van der Waals surface area contributed by atoms with Gasteiger partial charge in [-0.2, -0.15) is 14.6 Å². The van der Waals surface area contributed by atoms with E-state index in [4.69, 9.17) is 35.2 Å². The highest BCUT2D eigenvalue weighted by molar-refractivity contribution is 7.70. The van der Waals surface area contributed by atoms with Crippen molar-refractivity contribution >= 4 is 43.8 Å². The Hall–Kier alpha value is -1.95. The number of ether oxygens (including phenoxy) is 1. The second-order valence-electron chi connectivity index (χ2n) is 9.07. The number of hydrogen-bond acceptors (Lipinski definition) is 10. The molecule has 3 aromatic rings. The molecule has 0 amide bonds. The van der Waals surface area contributed by atoms with E-state index in [1.165, 1.54) is 15.8 Å². The Kier molecular flexibility index (Phi) is 7.43. The van der Waals surface area contributed by atoms with Crippen LogP contribution in [-0.4, -0.2) is 67.5 Å². The molecule has 4 atom stereocenters. The van der Waals surface area contributed by atoms with E-state index in [9.17, 15) is 9.13 Å². The van der Waals surface area contributed by atoms with Gasteiger partial charge in [-0.25, -0.2) is 0 Å². The summed E-state index contributed by atoms with van der Waals surface area (Å²) in [5, 5.41) is 8.67. The van der Waals surface area contributed by atoms with E-state index in [-0.39, 0.29) is 17.9 Å². The Bertz CT molecular complexity index is 1400. The molecule has 1 aromatic carbocycles. The predicted octanol–water partition coefficient (Wildman–Crippen LogP) is 3.67. The Balaban J connectivity index is 1.34. The maximum atomic E-state index is 12.5. The van der Waals surface area contributed by atoms with Crippen molar-refractivity contribution in [2.75, 3.05) is 31.6 Å². The van der Waals surface area contributed by atoms with Crippen LogP contribution in [-0.2, 0) is 29.3 Å². The molecular weight excluding hydrogens is 546 g/mol. The van der Waals surface area contributed by atoms with E-state index >= 15 is 0 Å². The molecule has 1 aliphatic heterocycles. The van der Waals surface area contributed by atoms with Gasteiger partial charge in [-0.05, 0) is 48.4 Å². The lowest BCUT2D eigenvalue weighted by Gasteiger charge is -2.26. The molecule has 1 fully saturated rings. The molecule has 2 aliphatic rings. The van der Waals surface area contributed by atoms with E-state index < -0.39 is 33.4 Å². The number of nitrogens with zero attached hydrogens (tertiary/aromatic N) is 6. The number of fused-ring (bicyclic) bond motifs is 2. The zero-order valence-electron chi connectivity index (χ0n) is 20.2. The topological polar surface area (TPSA) is 162 Å².